The van der Waals surface area contributed by atoms with Crippen LogP contribution in [0, 0.1) is 10.1 Å². The molecule has 0 unspecified atom stereocenters. The molecule has 0 fully saturated rings. The molecule has 0 bridgehead atoms. The van der Waals surface area contributed by atoms with Gasteiger partial charge in [-0.1, -0.05) is 6.92 Å². The van der Waals surface area contributed by atoms with Gasteiger partial charge >= 0.3 is 0 Å². The van der Waals surface area contributed by atoms with Crippen LogP contribution in [0.25, 0.3) is 0 Å². The number of nitrogens with zero attached hydrogens (tertiary/aromatic N) is 2. The molecule has 0 radical (unpaired) electrons. The normalized spacial score (nSPS) is 14.7. The van der Waals surface area contributed by atoms with Crippen LogP contribution in [0.3, 0.4) is 0 Å². The standard InChI is InChI=1S/C10H14N2O2/c1-2-3-6-12(14)9-10-4-7-11(13)8-5-10/h4-5,7-9H,2-3,6H2,1H3. The summed E-state index contributed by atoms with van der Waals surface area (Å²) in [5.74, 6) is 0. The Labute approximate surface area is 83.4 Å². The predicted octanol–water partition coefficient (Wildman–Crippen LogP) is 2.29. The van der Waals surface area contributed by atoms with Crippen LogP contribution in [0.4, 0.5) is 0 Å². The predicted molar refractivity (Wildman–Crippen MR) is 55.0 cm³/mol. The van der Waals surface area contributed by atoms with E-state index in [1.165, 1.54) is 18.6 Å². The lowest BCUT2D eigenvalue weighted by Crippen LogP contribution is -2.05. The van der Waals surface area contributed by atoms with Crippen LogP contribution in [-0.4, -0.2) is 16.4 Å². The highest BCUT2D eigenvalue weighted by Gasteiger charge is 2.05. The average Bonchev–Trinajstić information content (AvgIpc) is 2.18. The minimum atomic E-state index is 0.503. The van der Waals surface area contributed by atoms with Crippen LogP contribution in [0.15, 0.2) is 36.3 Å². The lowest BCUT2D eigenvalue weighted by molar-refractivity contribution is -0.480. The first-order valence-corrected chi connectivity index (χ1v) is 4.70. The highest BCUT2D eigenvalue weighted by molar-refractivity contribution is 5.32. The van der Waals surface area contributed by atoms with Crippen molar-refractivity contribution in [1.82, 2.24) is 5.06 Å². The Bertz CT molecular complexity index is 276. The number of allylic oxidation sites excluding steroid dienone is 3. The third kappa shape index (κ3) is 3.53. The molecule has 0 spiro atoms. The van der Waals surface area contributed by atoms with Crippen LogP contribution in [0.2, 0.25) is 0 Å². The van der Waals surface area contributed by atoms with Crippen molar-refractivity contribution >= 4 is 0 Å². The zero-order valence-electron chi connectivity index (χ0n) is 8.22. The molecule has 0 aliphatic carbocycles. The molecule has 76 valence electrons. The number of hydrogen-bond acceptors (Lipinski definition) is 3. The summed E-state index contributed by atoms with van der Waals surface area (Å²) in [6.07, 6.45) is 9.36. The van der Waals surface area contributed by atoms with Gasteiger partial charge in [-0.25, -0.2) is 0 Å². The van der Waals surface area contributed by atoms with Crippen molar-refractivity contribution in [2.24, 2.45) is 0 Å². The highest BCUT2D eigenvalue weighted by Crippen LogP contribution is 2.07. The molecule has 1 aliphatic rings. The summed E-state index contributed by atoms with van der Waals surface area (Å²) in [4.78, 5) is 11.2. The van der Waals surface area contributed by atoms with Crippen molar-refractivity contribution in [3.8, 4) is 0 Å². The number of hydrogen-bond donors (Lipinski definition) is 0. The maximum Gasteiger partial charge on any atom is 0.228 e. The average molecular weight is 194 g/mol. The fourth-order valence-corrected chi connectivity index (χ4v) is 1.06. The molecular formula is C10H14N2O2. The summed E-state index contributed by atoms with van der Waals surface area (Å²) in [6.45, 7) is 2.54. The van der Waals surface area contributed by atoms with Crippen LogP contribution in [0.1, 0.15) is 19.8 Å². The van der Waals surface area contributed by atoms with Crippen LogP contribution in [-0.2, 0) is 0 Å². The Morgan fingerprint density at radius 2 is 2.14 bits per heavy atom. The summed E-state index contributed by atoms with van der Waals surface area (Å²) < 4.78 is 0.897. The number of nitroso groups, excluding NO2 is 1. The summed E-state index contributed by atoms with van der Waals surface area (Å²) in [5.41, 5.74) is 0.753. The van der Waals surface area contributed by atoms with Gasteiger partial charge < -0.3 is 10.3 Å². The van der Waals surface area contributed by atoms with Crippen LogP contribution >= 0.6 is 0 Å². The lowest BCUT2D eigenvalue weighted by atomic mass is 10.2. The molecule has 0 atom stereocenters. The second-order valence-electron chi connectivity index (χ2n) is 3.11. The lowest BCUT2D eigenvalue weighted by Gasteiger charge is -2.22. The van der Waals surface area contributed by atoms with E-state index in [0.29, 0.717) is 11.6 Å². The summed E-state index contributed by atoms with van der Waals surface area (Å²) in [5, 5.41) is 11.4. The summed E-state index contributed by atoms with van der Waals surface area (Å²) in [6, 6.07) is 0. The first-order chi connectivity index (χ1) is 6.72. The van der Waals surface area contributed by atoms with Crippen LogP contribution < -0.4 is 0 Å². The van der Waals surface area contributed by atoms with Gasteiger partial charge in [0, 0.05) is 21.7 Å². The zero-order chi connectivity index (χ0) is 10.4. The second-order valence-corrected chi connectivity index (χ2v) is 3.11. The largest absolute Gasteiger partial charge is 0.755 e. The maximum absolute atomic E-state index is 11.2. The third-order valence-electron chi connectivity index (χ3n) is 1.85. The molecule has 0 aromatic rings. The molecular weight excluding hydrogens is 180 g/mol. The van der Waals surface area contributed by atoms with Gasteiger partial charge in [0.15, 0.2) is 6.54 Å². The van der Waals surface area contributed by atoms with E-state index in [9.17, 15) is 10.1 Å². The Morgan fingerprint density at radius 3 is 2.71 bits per heavy atom. The maximum atomic E-state index is 11.2. The fraction of sp³-hybridized carbons (Fsp3) is 0.400. The van der Waals surface area contributed by atoms with Crippen molar-refractivity contribution in [3.05, 3.63) is 46.4 Å². The van der Waals surface area contributed by atoms with E-state index in [-0.39, 0.29) is 0 Å². The summed E-state index contributed by atoms with van der Waals surface area (Å²) in [7, 11) is 0. The van der Waals surface area contributed by atoms with Crippen molar-refractivity contribution in [2.45, 2.75) is 19.8 Å². The quantitative estimate of drug-likeness (QED) is 0.645. The smallest absolute Gasteiger partial charge is 0.228 e. The zero-order valence-corrected chi connectivity index (χ0v) is 8.22. The second kappa shape index (κ2) is 5.34. The van der Waals surface area contributed by atoms with E-state index in [1.54, 1.807) is 12.2 Å². The molecule has 14 heavy (non-hydrogen) atoms. The molecule has 0 amide bonds. The van der Waals surface area contributed by atoms with E-state index < -0.39 is 0 Å². The van der Waals surface area contributed by atoms with Crippen molar-refractivity contribution in [2.75, 3.05) is 6.54 Å². The SMILES string of the molecule is CCCC[N+](=O)C=C1C=CN([O-])C=C1. The van der Waals surface area contributed by atoms with Gasteiger partial charge in [-0.2, -0.15) is 0 Å². The van der Waals surface area contributed by atoms with Gasteiger partial charge in [0.25, 0.3) is 0 Å². The molecule has 0 N–H and O–H groups in total. The first-order valence-electron chi connectivity index (χ1n) is 4.70. The van der Waals surface area contributed by atoms with Crippen LogP contribution in [0.5, 0.6) is 0 Å². The Hall–Kier alpha value is -1.42. The monoisotopic (exact) mass is 194 g/mol. The van der Waals surface area contributed by atoms with Gasteiger partial charge in [-0.3, -0.25) is 0 Å². The Morgan fingerprint density at radius 1 is 1.50 bits per heavy atom. The molecule has 4 nitrogen and oxygen atoms in total. The highest BCUT2D eigenvalue weighted by atomic mass is 16.5. The van der Waals surface area contributed by atoms with E-state index in [2.05, 4.69) is 0 Å². The Kier molecular flexibility index (Phi) is 4.07. The molecule has 1 heterocycles. The minimum Gasteiger partial charge on any atom is -0.755 e. The van der Waals surface area contributed by atoms with Gasteiger partial charge in [-0.15, -0.1) is 0 Å². The first kappa shape index (κ1) is 10.7. The van der Waals surface area contributed by atoms with Gasteiger partial charge in [-0.05, 0) is 31.0 Å². The number of hydroxylamine groups is 2. The van der Waals surface area contributed by atoms with Crippen molar-refractivity contribution < 1.29 is 4.76 Å². The molecule has 1 rings (SSSR count). The number of unbranched alkanes of at least 4 members (excludes halogenated alkanes) is 1. The molecule has 0 saturated heterocycles. The van der Waals surface area contributed by atoms with E-state index >= 15 is 0 Å². The van der Waals surface area contributed by atoms with Gasteiger partial charge in [0.2, 0.25) is 6.20 Å². The van der Waals surface area contributed by atoms with E-state index in [4.69, 9.17) is 0 Å². The van der Waals surface area contributed by atoms with Gasteiger partial charge in [0.1, 0.15) is 0 Å². The third-order valence-corrected chi connectivity index (χ3v) is 1.85. The van der Waals surface area contributed by atoms with E-state index in [0.717, 1.165) is 23.2 Å². The van der Waals surface area contributed by atoms with Gasteiger partial charge in [0.05, 0.1) is 0 Å². The Balaban J connectivity index is 2.48. The molecule has 4 heteroatoms. The van der Waals surface area contributed by atoms with Crippen molar-refractivity contribution in [3.63, 3.8) is 0 Å². The fourth-order valence-electron chi connectivity index (χ4n) is 1.06. The molecule has 0 aromatic carbocycles. The topological polar surface area (TPSA) is 46.4 Å². The molecule has 0 aromatic heterocycles. The van der Waals surface area contributed by atoms with E-state index in [1.807, 2.05) is 6.92 Å². The van der Waals surface area contributed by atoms with Crippen molar-refractivity contribution in [1.29, 1.82) is 0 Å². The molecule has 0 saturated carbocycles. The number of rotatable bonds is 4. The summed E-state index contributed by atoms with van der Waals surface area (Å²) >= 11 is 0. The minimum absolute atomic E-state index is 0.503. The molecule has 1 aliphatic heterocycles.